The summed E-state index contributed by atoms with van der Waals surface area (Å²) in [7, 11) is 3.16. The predicted molar refractivity (Wildman–Crippen MR) is 88.8 cm³/mol. The molecule has 0 aliphatic rings. The molecule has 0 heterocycles. The second kappa shape index (κ2) is 8.41. The highest BCUT2D eigenvalue weighted by molar-refractivity contribution is 5.97. The van der Waals surface area contributed by atoms with Gasteiger partial charge in [0.2, 0.25) is 11.8 Å². The van der Waals surface area contributed by atoms with Gasteiger partial charge in [-0.3, -0.25) is 9.59 Å². The smallest absolute Gasteiger partial charge is 0.229 e. The van der Waals surface area contributed by atoms with E-state index in [0.29, 0.717) is 24.5 Å². The molecule has 0 atom stereocenters. The first-order chi connectivity index (χ1) is 10.7. The van der Waals surface area contributed by atoms with Crippen LogP contribution in [0.2, 0.25) is 0 Å². The van der Waals surface area contributed by atoms with Gasteiger partial charge in [-0.25, -0.2) is 0 Å². The highest BCUT2D eigenvalue weighted by Crippen LogP contribution is 2.27. The fourth-order valence-corrected chi connectivity index (χ4v) is 2.05. The van der Waals surface area contributed by atoms with Gasteiger partial charge in [0.1, 0.15) is 6.42 Å². The van der Waals surface area contributed by atoms with Crippen molar-refractivity contribution in [3.8, 4) is 11.5 Å². The maximum atomic E-state index is 11.7. The normalized spacial score (nSPS) is 10.8. The van der Waals surface area contributed by atoms with E-state index >= 15 is 0 Å². The van der Waals surface area contributed by atoms with Crippen LogP contribution in [0.25, 0.3) is 0 Å². The van der Waals surface area contributed by atoms with Gasteiger partial charge < -0.3 is 20.1 Å². The summed E-state index contributed by atoms with van der Waals surface area (Å²) in [5.74, 6) is 0.758. The average molecular weight is 322 g/mol. The quantitative estimate of drug-likeness (QED) is 0.749. The summed E-state index contributed by atoms with van der Waals surface area (Å²) in [5, 5.41) is 5.50. The van der Waals surface area contributed by atoms with Gasteiger partial charge in [0, 0.05) is 12.1 Å². The SMILES string of the molecule is COc1ccc(CCNC(=O)CC(=O)NC(C)(C)C)cc1OC. The molecule has 2 amide bonds. The van der Waals surface area contributed by atoms with Gasteiger partial charge in [0.05, 0.1) is 14.2 Å². The van der Waals surface area contributed by atoms with E-state index in [9.17, 15) is 9.59 Å². The van der Waals surface area contributed by atoms with Gasteiger partial charge in [-0.1, -0.05) is 6.07 Å². The number of rotatable bonds is 7. The maximum absolute atomic E-state index is 11.7. The van der Waals surface area contributed by atoms with Gasteiger partial charge in [-0.05, 0) is 44.9 Å². The second-order valence-corrected chi connectivity index (χ2v) is 6.26. The van der Waals surface area contributed by atoms with Crippen LogP contribution in [-0.4, -0.2) is 38.1 Å². The topological polar surface area (TPSA) is 76.7 Å². The Labute approximate surface area is 137 Å². The van der Waals surface area contributed by atoms with Crippen LogP contribution in [0.5, 0.6) is 11.5 Å². The highest BCUT2D eigenvalue weighted by atomic mass is 16.5. The van der Waals surface area contributed by atoms with Crippen LogP contribution in [-0.2, 0) is 16.0 Å². The van der Waals surface area contributed by atoms with Crippen molar-refractivity contribution >= 4 is 11.8 Å². The van der Waals surface area contributed by atoms with Crippen molar-refractivity contribution in [2.45, 2.75) is 39.2 Å². The number of hydrogen-bond acceptors (Lipinski definition) is 4. The minimum atomic E-state index is -0.336. The lowest BCUT2D eigenvalue weighted by atomic mass is 10.1. The van der Waals surface area contributed by atoms with Crippen molar-refractivity contribution in [1.82, 2.24) is 10.6 Å². The first kappa shape index (κ1) is 18.8. The predicted octanol–water partition coefficient (Wildman–Crippen LogP) is 1.67. The molecule has 1 aromatic rings. The molecule has 0 unspecified atom stereocenters. The molecular weight excluding hydrogens is 296 g/mol. The molecule has 0 aliphatic carbocycles. The summed E-state index contributed by atoms with van der Waals surface area (Å²) in [6.07, 6.45) is 0.482. The number of ether oxygens (including phenoxy) is 2. The van der Waals surface area contributed by atoms with E-state index in [2.05, 4.69) is 10.6 Å². The van der Waals surface area contributed by atoms with Crippen LogP contribution in [0.1, 0.15) is 32.8 Å². The number of carbonyl (C=O) groups excluding carboxylic acids is 2. The van der Waals surface area contributed by atoms with Crippen LogP contribution < -0.4 is 20.1 Å². The monoisotopic (exact) mass is 322 g/mol. The molecule has 1 rings (SSSR count). The Morgan fingerprint density at radius 3 is 2.26 bits per heavy atom. The van der Waals surface area contributed by atoms with Crippen LogP contribution in [0, 0.1) is 0 Å². The Morgan fingerprint density at radius 1 is 1.04 bits per heavy atom. The van der Waals surface area contributed by atoms with Crippen molar-refractivity contribution in [2.24, 2.45) is 0 Å². The Kier molecular flexibility index (Phi) is 6.88. The first-order valence-electron chi connectivity index (χ1n) is 7.54. The minimum Gasteiger partial charge on any atom is -0.493 e. The molecule has 0 aromatic heterocycles. The van der Waals surface area contributed by atoms with Crippen LogP contribution in [0.4, 0.5) is 0 Å². The fraction of sp³-hybridized carbons (Fsp3) is 0.529. The Balaban J connectivity index is 2.42. The van der Waals surface area contributed by atoms with Crippen molar-refractivity contribution in [3.63, 3.8) is 0 Å². The number of carbonyl (C=O) groups is 2. The highest BCUT2D eigenvalue weighted by Gasteiger charge is 2.16. The molecule has 6 nitrogen and oxygen atoms in total. The molecule has 0 radical (unpaired) electrons. The third-order valence-corrected chi connectivity index (χ3v) is 3.02. The molecule has 128 valence electrons. The zero-order valence-corrected chi connectivity index (χ0v) is 14.5. The molecule has 0 saturated heterocycles. The van der Waals surface area contributed by atoms with Gasteiger partial charge in [0.15, 0.2) is 11.5 Å². The number of hydrogen-bond donors (Lipinski definition) is 2. The molecule has 6 heteroatoms. The lowest BCUT2D eigenvalue weighted by Gasteiger charge is -2.20. The maximum Gasteiger partial charge on any atom is 0.229 e. The van der Waals surface area contributed by atoms with E-state index in [1.54, 1.807) is 14.2 Å². The van der Waals surface area contributed by atoms with E-state index in [4.69, 9.17) is 9.47 Å². The third kappa shape index (κ3) is 7.04. The number of nitrogens with one attached hydrogen (secondary N) is 2. The van der Waals surface area contributed by atoms with Gasteiger partial charge in [0.25, 0.3) is 0 Å². The molecule has 0 saturated carbocycles. The second-order valence-electron chi connectivity index (χ2n) is 6.26. The zero-order chi connectivity index (χ0) is 17.5. The molecule has 0 bridgehead atoms. The average Bonchev–Trinajstić information content (AvgIpc) is 2.44. The van der Waals surface area contributed by atoms with E-state index in [1.807, 2.05) is 39.0 Å². The standard InChI is InChI=1S/C17H26N2O4/c1-17(2,3)19-16(21)11-15(20)18-9-8-12-6-7-13(22-4)14(10-12)23-5/h6-7,10H,8-9,11H2,1-5H3,(H,18,20)(H,19,21). The Hall–Kier alpha value is -2.24. The Morgan fingerprint density at radius 2 is 1.70 bits per heavy atom. The summed E-state index contributed by atoms with van der Waals surface area (Å²) in [4.78, 5) is 23.4. The van der Waals surface area contributed by atoms with Crippen LogP contribution >= 0.6 is 0 Å². The molecule has 0 fully saturated rings. The third-order valence-electron chi connectivity index (χ3n) is 3.02. The number of amides is 2. The summed E-state index contributed by atoms with van der Waals surface area (Å²) < 4.78 is 10.4. The van der Waals surface area contributed by atoms with E-state index < -0.39 is 0 Å². The van der Waals surface area contributed by atoms with Crippen molar-refractivity contribution in [3.05, 3.63) is 23.8 Å². The van der Waals surface area contributed by atoms with Crippen LogP contribution in [0.3, 0.4) is 0 Å². The lowest BCUT2D eigenvalue weighted by Crippen LogP contribution is -2.42. The summed E-state index contributed by atoms with van der Waals surface area (Å²) >= 11 is 0. The largest absolute Gasteiger partial charge is 0.493 e. The lowest BCUT2D eigenvalue weighted by molar-refractivity contribution is -0.130. The molecular formula is C17H26N2O4. The summed E-state index contributed by atoms with van der Waals surface area (Å²) in [5.41, 5.74) is 0.680. The zero-order valence-electron chi connectivity index (χ0n) is 14.5. The summed E-state index contributed by atoms with van der Waals surface area (Å²) in [6, 6.07) is 5.61. The molecule has 1 aromatic carbocycles. The van der Waals surface area contributed by atoms with Crippen molar-refractivity contribution < 1.29 is 19.1 Å². The molecule has 23 heavy (non-hydrogen) atoms. The Bertz CT molecular complexity index is 550. The van der Waals surface area contributed by atoms with Gasteiger partial charge in [-0.2, -0.15) is 0 Å². The van der Waals surface area contributed by atoms with Gasteiger partial charge >= 0.3 is 0 Å². The molecule has 2 N–H and O–H groups in total. The number of benzene rings is 1. The first-order valence-corrected chi connectivity index (χ1v) is 7.54. The van der Waals surface area contributed by atoms with Gasteiger partial charge in [-0.15, -0.1) is 0 Å². The van der Waals surface area contributed by atoms with Crippen molar-refractivity contribution in [2.75, 3.05) is 20.8 Å². The van der Waals surface area contributed by atoms with Crippen LogP contribution in [0.15, 0.2) is 18.2 Å². The van der Waals surface area contributed by atoms with E-state index in [0.717, 1.165) is 5.56 Å². The van der Waals surface area contributed by atoms with E-state index in [-0.39, 0.29) is 23.8 Å². The fourth-order valence-electron chi connectivity index (χ4n) is 2.05. The summed E-state index contributed by atoms with van der Waals surface area (Å²) in [6.45, 7) is 6.08. The molecule has 0 spiro atoms. The minimum absolute atomic E-state index is 0.163. The van der Waals surface area contributed by atoms with E-state index in [1.165, 1.54) is 0 Å². The molecule has 0 aliphatic heterocycles. The van der Waals surface area contributed by atoms with Crippen molar-refractivity contribution in [1.29, 1.82) is 0 Å². The number of methoxy groups -OCH3 is 2.